The maximum atomic E-state index is 12.8. The predicted molar refractivity (Wildman–Crippen MR) is 131 cm³/mol. The molecule has 0 aliphatic carbocycles. The van der Waals surface area contributed by atoms with Gasteiger partial charge in [-0.05, 0) is 55.0 Å². The molecule has 1 saturated heterocycles. The fourth-order valence-corrected chi connectivity index (χ4v) is 4.00. The summed E-state index contributed by atoms with van der Waals surface area (Å²) in [4.78, 5) is 16.9. The van der Waals surface area contributed by atoms with Gasteiger partial charge in [-0.2, -0.15) is 4.68 Å². The monoisotopic (exact) mass is 485 g/mol. The molecule has 1 aliphatic heterocycles. The van der Waals surface area contributed by atoms with E-state index in [0.29, 0.717) is 47.0 Å². The smallest absolute Gasteiger partial charge is 0.344 e. The lowest BCUT2D eigenvalue weighted by atomic mass is 10.2. The van der Waals surface area contributed by atoms with Crippen molar-refractivity contribution in [2.75, 3.05) is 31.5 Å². The van der Waals surface area contributed by atoms with Crippen molar-refractivity contribution < 1.29 is 9.53 Å². The molecule has 1 amide bonds. The molecule has 1 fully saturated rings. The number of anilines is 1. The van der Waals surface area contributed by atoms with E-state index >= 15 is 0 Å². The predicted octanol–water partition coefficient (Wildman–Crippen LogP) is 5.71. The second kappa shape index (κ2) is 10.3. The molecule has 0 atom stereocenters. The molecule has 0 spiro atoms. The molecule has 172 valence electrons. The highest BCUT2D eigenvalue weighted by atomic mass is 35.5. The quantitative estimate of drug-likeness (QED) is 0.484. The zero-order valence-electron chi connectivity index (χ0n) is 18.3. The number of aromatic nitrogens is 2. The van der Waals surface area contributed by atoms with E-state index in [1.807, 2.05) is 31.2 Å². The minimum Gasteiger partial charge on any atom is -0.457 e. The molecule has 33 heavy (non-hydrogen) atoms. The number of amides is 1. The van der Waals surface area contributed by atoms with E-state index in [2.05, 4.69) is 21.9 Å². The first kappa shape index (κ1) is 23.2. The van der Waals surface area contributed by atoms with Crippen LogP contribution in [0, 0.1) is 0 Å². The molecule has 0 radical (unpaired) electrons. The highest BCUT2D eigenvalue weighted by Crippen LogP contribution is 2.28. The van der Waals surface area contributed by atoms with Crippen molar-refractivity contribution in [2.45, 2.75) is 13.5 Å². The fourth-order valence-electron chi connectivity index (χ4n) is 3.63. The molecule has 0 saturated carbocycles. The second-order valence-corrected chi connectivity index (χ2v) is 8.82. The van der Waals surface area contributed by atoms with E-state index in [1.165, 1.54) is 4.68 Å². The van der Waals surface area contributed by atoms with Crippen molar-refractivity contribution in [3.63, 3.8) is 0 Å². The van der Waals surface area contributed by atoms with E-state index in [9.17, 15) is 4.79 Å². The van der Waals surface area contributed by atoms with Crippen LogP contribution in [0.25, 0.3) is 0 Å². The molecule has 9 heteroatoms. The van der Waals surface area contributed by atoms with Crippen LogP contribution < -0.4 is 10.1 Å². The van der Waals surface area contributed by atoms with Crippen molar-refractivity contribution >= 4 is 35.1 Å². The Kier molecular flexibility index (Phi) is 7.23. The average molecular weight is 486 g/mol. The Morgan fingerprint density at radius 2 is 1.76 bits per heavy atom. The number of carbonyl (C=O) groups is 1. The summed E-state index contributed by atoms with van der Waals surface area (Å²) in [6.45, 7) is 9.10. The maximum absolute atomic E-state index is 12.8. The normalized spacial score (nSPS) is 14.2. The third-order valence-corrected chi connectivity index (χ3v) is 5.63. The molecule has 4 rings (SSSR count). The van der Waals surface area contributed by atoms with Gasteiger partial charge in [0.2, 0.25) is 0 Å². The first-order chi connectivity index (χ1) is 15.9. The number of halogens is 2. The lowest BCUT2D eigenvalue weighted by Crippen LogP contribution is -2.49. The fraction of sp³-hybridized carbons (Fsp3) is 0.250. The van der Waals surface area contributed by atoms with Gasteiger partial charge >= 0.3 is 6.03 Å². The molecular formula is C24H25Cl2N5O2. The number of carbonyl (C=O) groups excluding carboxylic acids is 1. The van der Waals surface area contributed by atoms with Crippen molar-refractivity contribution in [2.24, 2.45) is 0 Å². The van der Waals surface area contributed by atoms with Gasteiger partial charge < -0.3 is 15.0 Å². The topological polar surface area (TPSA) is 62.6 Å². The number of ether oxygens (including phenoxy) is 1. The van der Waals surface area contributed by atoms with Gasteiger partial charge in [0, 0.05) is 60.7 Å². The van der Waals surface area contributed by atoms with Crippen molar-refractivity contribution in [3.05, 3.63) is 82.6 Å². The molecule has 0 unspecified atom stereocenters. The van der Waals surface area contributed by atoms with Gasteiger partial charge in [0.05, 0.1) is 0 Å². The van der Waals surface area contributed by atoms with Gasteiger partial charge in [0.1, 0.15) is 11.5 Å². The number of rotatable bonds is 6. The van der Waals surface area contributed by atoms with Gasteiger partial charge in [-0.3, -0.25) is 4.90 Å². The Morgan fingerprint density at radius 1 is 1.03 bits per heavy atom. The van der Waals surface area contributed by atoms with E-state index in [0.717, 1.165) is 24.4 Å². The Balaban J connectivity index is 1.33. The van der Waals surface area contributed by atoms with Crippen LogP contribution >= 0.6 is 23.2 Å². The van der Waals surface area contributed by atoms with Crippen LogP contribution in [0.3, 0.4) is 0 Å². The van der Waals surface area contributed by atoms with Crippen LogP contribution in [-0.2, 0) is 6.54 Å². The maximum Gasteiger partial charge on any atom is 0.344 e. The zero-order valence-corrected chi connectivity index (χ0v) is 19.8. The molecule has 1 N–H and O–H groups in total. The Bertz CT molecular complexity index is 1140. The number of nitrogens with zero attached hydrogens (tertiary/aromatic N) is 4. The van der Waals surface area contributed by atoms with E-state index in [1.54, 1.807) is 35.4 Å². The third-order valence-electron chi connectivity index (χ3n) is 5.16. The number of hydrogen-bond acceptors (Lipinski definition) is 5. The largest absolute Gasteiger partial charge is 0.457 e. The van der Waals surface area contributed by atoms with Crippen LogP contribution in [0.1, 0.15) is 12.5 Å². The molecule has 1 aliphatic rings. The molecular weight excluding hydrogens is 461 g/mol. The lowest BCUT2D eigenvalue weighted by Gasteiger charge is -2.34. The Hall–Kier alpha value is -3.00. The summed E-state index contributed by atoms with van der Waals surface area (Å²) in [6, 6.07) is 14.5. The molecule has 0 bridgehead atoms. The van der Waals surface area contributed by atoms with E-state index in [4.69, 9.17) is 27.9 Å². The highest BCUT2D eigenvalue weighted by Gasteiger charge is 2.23. The second-order valence-electron chi connectivity index (χ2n) is 7.95. The number of hydrogen-bond donors (Lipinski definition) is 1. The SMILES string of the molecule is C=C(C)Nc1ccn(C(=O)N2CCN(Cc3cc(Cl)cc(Oc4ccc(Cl)cc4)c3)CC2)n1. The third kappa shape index (κ3) is 6.28. The molecule has 2 heterocycles. The van der Waals surface area contributed by atoms with Gasteiger partial charge in [-0.15, -0.1) is 5.10 Å². The van der Waals surface area contributed by atoms with Crippen LogP contribution in [0.2, 0.25) is 10.0 Å². The van der Waals surface area contributed by atoms with E-state index in [-0.39, 0.29) is 6.03 Å². The average Bonchev–Trinajstić information content (AvgIpc) is 3.23. The minimum absolute atomic E-state index is 0.133. The van der Waals surface area contributed by atoms with Crippen LogP contribution in [0.4, 0.5) is 10.6 Å². The highest BCUT2D eigenvalue weighted by molar-refractivity contribution is 6.31. The first-order valence-corrected chi connectivity index (χ1v) is 11.3. The molecule has 3 aromatic rings. The summed E-state index contributed by atoms with van der Waals surface area (Å²) in [5, 5.41) is 8.56. The Labute approximate surface area is 203 Å². The number of allylic oxidation sites excluding steroid dienone is 1. The molecule has 7 nitrogen and oxygen atoms in total. The number of benzene rings is 2. The minimum atomic E-state index is -0.133. The summed E-state index contributed by atoms with van der Waals surface area (Å²) in [6.07, 6.45) is 1.66. The zero-order chi connectivity index (χ0) is 23.4. The van der Waals surface area contributed by atoms with Crippen molar-refractivity contribution in [1.29, 1.82) is 0 Å². The van der Waals surface area contributed by atoms with E-state index < -0.39 is 0 Å². The van der Waals surface area contributed by atoms with Crippen LogP contribution in [0.5, 0.6) is 11.5 Å². The lowest BCUT2D eigenvalue weighted by molar-refractivity contribution is 0.134. The summed E-state index contributed by atoms with van der Waals surface area (Å²) in [5.74, 6) is 1.97. The van der Waals surface area contributed by atoms with Crippen molar-refractivity contribution in [1.82, 2.24) is 19.6 Å². The van der Waals surface area contributed by atoms with Crippen LogP contribution in [-0.4, -0.2) is 51.8 Å². The number of piperazine rings is 1. The standard InChI is InChI=1S/C24H25Cl2N5O2/c1-17(2)27-23-7-8-31(28-23)24(32)30-11-9-29(10-12-30)16-18-13-20(26)15-22(14-18)33-21-5-3-19(25)4-6-21/h3-8,13-15H,1,9-12,16H2,2H3,(H,27,28). The first-order valence-electron chi connectivity index (χ1n) is 10.6. The van der Waals surface area contributed by atoms with Crippen LogP contribution in [0.15, 0.2) is 67.0 Å². The number of nitrogens with one attached hydrogen (secondary N) is 1. The molecule has 1 aromatic heterocycles. The summed E-state index contributed by atoms with van der Waals surface area (Å²) >= 11 is 12.3. The van der Waals surface area contributed by atoms with Crippen molar-refractivity contribution in [3.8, 4) is 11.5 Å². The summed E-state index contributed by atoms with van der Waals surface area (Å²) < 4.78 is 7.29. The summed E-state index contributed by atoms with van der Waals surface area (Å²) in [5.41, 5.74) is 1.82. The summed E-state index contributed by atoms with van der Waals surface area (Å²) in [7, 11) is 0. The Morgan fingerprint density at radius 3 is 2.45 bits per heavy atom. The van der Waals surface area contributed by atoms with Gasteiger partial charge in [-0.1, -0.05) is 29.8 Å². The van der Waals surface area contributed by atoms with Gasteiger partial charge in [0.25, 0.3) is 0 Å². The molecule has 2 aromatic carbocycles. The van der Waals surface area contributed by atoms with Gasteiger partial charge in [-0.25, -0.2) is 4.79 Å². The van der Waals surface area contributed by atoms with Gasteiger partial charge in [0.15, 0.2) is 5.82 Å².